The van der Waals surface area contributed by atoms with Crippen molar-refractivity contribution in [3.63, 3.8) is 0 Å². The molecule has 4 heterocycles. The van der Waals surface area contributed by atoms with Crippen LogP contribution in [0.25, 0.3) is 11.0 Å². The lowest BCUT2D eigenvalue weighted by Gasteiger charge is -2.38. The molecule has 3 aromatic heterocycles. The number of fused-ring (bicyclic) bond motifs is 1. The summed E-state index contributed by atoms with van der Waals surface area (Å²) in [5.41, 5.74) is 9.67. The van der Waals surface area contributed by atoms with E-state index < -0.39 is 12.1 Å². The van der Waals surface area contributed by atoms with Gasteiger partial charge in [-0.15, -0.1) is 0 Å². The number of aromatic amines is 2. The van der Waals surface area contributed by atoms with E-state index >= 15 is 0 Å². The zero-order valence-electron chi connectivity index (χ0n) is 16.3. The Balaban J connectivity index is 1.46. The number of nitrogens with one attached hydrogen (secondary N) is 2. The van der Waals surface area contributed by atoms with Gasteiger partial charge >= 0.3 is 0 Å². The molecule has 0 saturated heterocycles. The van der Waals surface area contributed by atoms with Crippen LogP contribution in [0.5, 0.6) is 0 Å². The number of halogens is 1. The fraction of sp³-hybridized carbons (Fsp3) is 0.350. The van der Waals surface area contributed by atoms with Crippen molar-refractivity contribution in [2.24, 2.45) is 10.7 Å². The molecule has 1 fully saturated rings. The Bertz CT molecular complexity index is 1110. The summed E-state index contributed by atoms with van der Waals surface area (Å²) < 4.78 is 14.3. The van der Waals surface area contributed by atoms with Crippen LogP contribution in [-0.2, 0) is 0 Å². The molecule has 0 amide bonds. The van der Waals surface area contributed by atoms with Crippen LogP contribution in [0.4, 0.5) is 10.2 Å². The zero-order chi connectivity index (χ0) is 20.1. The first kappa shape index (κ1) is 17.9. The second-order valence-electron chi connectivity index (χ2n) is 7.69. The number of hydrogen-bond donors (Lipinski definition) is 3. The number of aliphatic imine (C=N–C) groups is 1. The quantitative estimate of drug-likeness (QED) is 0.617. The van der Waals surface area contributed by atoms with Gasteiger partial charge in [0, 0.05) is 30.1 Å². The molecule has 29 heavy (non-hydrogen) atoms. The van der Waals surface area contributed by atoms with Crippen molar-refractivity contribution in [1.29, 1.82) is 0 Å². The maximum atomic E-state index is 14.3. The first-order chi connectivity index (χ1) is 14.0. The maximum absolute atomic E-state index is 14.3. The van der Waals surface area contributed by atoms with Crippen LogP contribution in [0.3, 0.4) is 0 Å². The third-order valence-electron chi connectivity index (χ3n) is 5.70. The van der Waals surface area contributed by atoms with Crippen molar-refractivity contribution < 1.29 is 4.39 Å². The summed E-state index contributed by atoms with van der Waals surface area (Å²) in [7, 11) is 1.92. The van der Waals surface area contributed by atoms with Crippen LogP contribution in [0.1, 0.15) is 43.1 Å². The Kier molecular flexibility index (Phi) is 4.13. The van der Waals surface area contributed by atoms with E-state index in [0.717, 1.165) is 35.3 Å². The number of anilines is 1. The van der Waals surface area contributed by atoms with Gasteiger partial charge in [0.1, 0.15) is 0 Å². The Labute approximate surface area is 167 Å². The standard InChI is InChI=1S/C20H23FN8/c1-11(14-5-6-15-16(24-14)7-8-23-15)28(2)20-25-19(22)13(21)10-29(20)18-9-17(26-27-18)12-3-4-12/h5-12,20,23H,3-4H2,1-2H3,(H2,22,25)(H,26,27). The molecule has 5 rings (SSSR count). The minimum absolute atomic E-state index is 0.0882. The molecule has 2 unspecified atom stereocenters. The monoisotopic (exact) mass is 394 g/mol. The molecule has 4 N–H and O–H groups in total. The SMILES string of the molecule is CC(c1ccc2[nH]ccc2n1)N(C)C1N=C(N)C(F)=CN1c1cc(C2CC2)[nH]n1. The number of H-pyrrole nitrogens is 2. The van der Waals surface area contributed by atoms with Crippen LogP contribution in [0.2, 0.25) is 0 Å². The minimum atomic E-state index is -0.565. The van der Waals surface area contributed by atoms with Gasteiger partial charge in [0.05, 0.1) is 22.8 Å². The lowest BCUT2D eigenvalue weighted by Crippen LogP contribution is -2.48. The third kappa shape index (κ3) is 3.17. The van der Waals surface area contributed by atoms with Gasteiger partial charge in [0.2, 0.25) is 0 Å². The van der Waals surface area contributed by atoms with E-state index in [4.69, 9.17) is 10.7 Å². The Morgan fingerprint density at radius 3 is 2.93 bits per heavy atom. The molecule has 1 aliphatic heterocycles. The topological polar surface area (TPSA) is 102 Å². The molecule has 0 aromatic carbocycles. The van der Waals surface area contributed by atoms with Crippen molar-refractivity contribution in [2.75, 3.05) is 11.9 Å². The van der Waals surface area contributed by atoms with E-state index in [0.29, 0.717) is 11.7 Å². The van der Waals surface area contributed by atoms with Crippen LogP contribution in [0.15, 0.2) is 47.5 Å². The number of nitrogens with zero attached hydrogens (tertiary/aromatic N) is 5. The molecule has 0 bridgehead atoms. The lowest BCUT2D eigenvalue weighted by atomic mass is 10.1. The van der Waals surface area contributed by atoms with E-state index in [2.05, 4.69) is 20.2 Å². The number of amidine groups is 1. The fourth-order valence-corrected chi connectivity index (χ4v) is 3.63. The van der Waals surface area contributed by atoms with Crippen molar-refractivity contribution in [3.8, 4) is 0 Å². The predicted molar refractivity (Wildman–Crippen MR) is 110 cm³/mol. The largest absolute Gasteiger partial charge is 0.381 e. The molecule has 1 aliphatic carbocycles. The number of aromatic nitrogens is 4. The van der Waals surface area contributed by atoms with Gasteiger partial charge < -0.3 is 10.7 Å². The van der Waals surface area contributed by atoms with Gasteiger partial charge in [0.15, 0.2) is 23.8 Å². The summed E-state index contributed by atoms with van der Waals surface area (Å²) in [6.07, 6.45) is 5.01. The summed E-state index contributed by atoms with van der Waals surface area (Å²) >= 11 is 0. The van der Waals surface area contributed by atoms with Gasteiger partial charge in [-0.3, -0.25) is 14.9 Å². The first-order valence-corrected chi connectivity index (χ1v) is 9.72. The molecule has 2 atom stereocenters. The summed E-state index contributed by atoms with van der Waals surface area (Å²) in [6, 6.07) is 7.81. The second-order valence-corrected chi connectivity index (χ2v) is 7.69. The molecule has 0 radical (unpaired) electrons. The summed E-state index contributed by atoms with van der Waals surface area (Å²) in [4.78, 5) is 16.0. The van der Waals surface area contributed by atoms with Crippen LogP contribution in [0, 0.1) is 0 Å². The second kappa shape index (κ2) is 6.70. The summed E-state index contributed by atoms with van der Waals surface area (Å²) in [5, 5.41) is 7.46. The Hall–Kier alpha value is -3.20. The first-order valence-electron chi connectivity index (χ1n) is 9.72. The molecule has 1 saturated carbocycles. The highest BCUT2D eigenvalue weighted by Gasteiger charge is 2.33. The summed E-state index contributed by atoms with van der Waals surface area (Å²) in [6.45, 7) is 2.04. The molecule has 2 aliphatic rings. The fourth-order valence-electron chi connectivity index (χ4n) is 3.63. The van der Waals surface area contributed by atoms with Crippen LogP contribution < -0.4 is 10.6 Å². The van der Waals surface area contributed by atoms with Gasteiger partial charge in [0.25, 0.3) is 0 Å². The van der Waals surface area contributed by atoms with Crippen molar-refractivity contribution in [3.05, 3.63) is 53.9 Å². The van der Waals surface area contributed by atoms with E-state index in [1.807, 2.05) is 49.3 Å². The highest BCUT2D eigenvalue weighted by molar-refractivity contribution is 5.96. The van der Waals surface area contributed by atoms with E-state index in [1.165, 1.54) is 6.20 Å². The van der Waals surface area contributed by atoms with Gasteiger partial charge in [-0.1, -0.05) is 0 Å². The van der Waals surface area contributed by atoms with E-state index in [9.17, 15) is 4.39 Å². The maximum Gasteiger partial charge on any atom is 0.186 e. The highest BCUT2D eigenvalue weighted by Crippen LogP contribution is 2.40. The average molecular weight is 394 g/mol. The molecule has 9 heteroatoms. The molecular weight excluding hydrogens is 371 g/mol. The van der Waals surface area contributed by atoms with Crippen molar-refractivity contribution >= 4 is 22.7 Å². The minimum Gasteiger partial charge on any atom is -0.381 e. The zero-order valence-corrected chi connectivity index (χ0v) is 16.3. The number of rotatable bonds is 5. The van der Waals surface area contributed by atoms with Gasteiger partial charge in [-0.25, -0.2) is 14.4 Å². The molecule has 0 spiro atoms. The lowest BCUT2D eigenvalue weighted by molar-refractivity contribution is 0.186. The molecular formula is C20H23FN8. The Morgan fingerprint density at radius 2 is 2.14 bits per heavy atom. The Morgan fingerprint density at radius 1 is 1.31 bits per heavy atom. The average Bonchev–Trinajstić information content (AvgIpc) is 3.26. The third-order valence-corrected chi connectivity index (χ3v) is 5.70. The summed E-state index contributed by atoms with van der Waals surface area (Å²) in [5.74, 6) is 0.467. The molecule has 8 nitrogen and oxygen atoms in total. The van der Waals surface area contributed by atoms with E-state index in [-0.39, 0.29) is 11.9 Å². The predicted octanol–water partition coefficient (Wildman–Crippen LogP) is 3.13. The molecule has 150 valence electrons. The van der Waals surface area contributed by atoms with Gasteiger partial charge in [-0.2, -0.15) is 5.10 Å². The number of pyridine rings is 1. The number of nitrogens with two attached hydrogens (primary N) is 1. The van der Waals surface area contributed by atoms with Crippen molar-refractivity contribution in [1.82, 2.24) is 25.1 Å². The smallest absolute Gasteiger partial charge is 0.186 e. The van der Waals surface area contributed by atoms with Crippen molar-refractivity contribution in [2.45, 2.75) is 38.0 Å². The van der Waals surface area contributed by atoms with E-state index in [1.54, 1.807) is 4.90 Å². The highest BCUT2D eigenvalue weighted by atomic mass is 19.1. The van der Waals surface area contributed by atoms with Crippen LogP contribution in [-0.4, -0.2) is 44.2 Å². The van der Waals surface area contributed by atoms with Crippen LogP contribution >= 0.6 is 0 Å². The normalized spacial score (nSPS) is 20.8. The molecule has 3 aromatic rings. The number of hydrogen-bond acceptors (Lipinski definition) is 6. The van der Waals surface area contributed by atoms with Gasteiger partial charge in [-0.05, 0) is 45.0 Å².